The van der Waals surface area contributed by atoms with Crippen LogP contribution in [-0.2, 0) is 23.0 Å². The fourth-order valence-corrected chi connectivity index (χ4v) is 0.918. The Morgan fingerprint density at radius 3 is 3.00 bits per heavy atom. The van der Waals surface area contributed by atoms with Crippen molar-refractivity contribution in [2.24, 2.45) is 7.05 Å². The summed E-state index contributed by atoms with van der Waals surface area (Å²) in [6.45, 7) is 2.21. The predicted molar refractivity (Wildman–Crippen MR) is 43.5 cm³/mol. The highest BCUT2D eigenvalue weighted by atomic mass is 16.5. The van der Waals surface area contributed by atoms with E-state index in [2.05, 4.69) is 4.98 Å². The van der Waals surface area contributed by atoms with Crippen LogP contribution in [0, 0.1) is 0 Å². The second-order valence-electron chi connectivity index (χ2n) is 2.51. The van der Waals surface area contributed by atoms with Crippen molar-refractivity contribution in [1.82, 2.24) is 9.55 Å². The second-order valence-corrected chi connectivity index (χ2v) is 2.51. The Balaban J connectivity index is 2.46. The van der Waals surface area contributed by atoms with Gasteiger partial charge in [0.05, 0.1) is 25.0 Å². The van der Waals surface area contributed by atoms with Crippen LogP contribution < -0.4 is 0 Å². The van der Waals surface area contributed by atoms with Crippen molar-refractivity contribution in [3.05, 3.63) is 18.2 Å². The molecule has 0 unspecified atom stereocenters. The molecule has 0 bridgehead atoms. The van der Waals surface area contributed by atoms with E-state index in [9.17, 15) is 4.79 Å². The maximum atomic E-state index is 11.0. The highest BCUT2D eigenvalue weighted by molar-refractivity contribution is 5.71. The Hall–Kier alpha value is -1.32. The van der Waals surface area contributed by atoms with Crippen LogP contribution in [0.2, 0.25) is 0 Å². The van der Waals surface area contributed by atoms with Crippen molar-refractivity contribution in [1.29, 1.82) is 0 Å². The molecule has 0 N–H and O–H groups in total. The molecule has 0 saturated heterocycles. The zero-order valence-electron chi connectivity index (χ0n) is 7.28. The van der Waals surface area contributed by atoms with Crippen molar-refractivity contribution in [2.45, 2.75) is 13.3 Å². The molecule has 0 atom stereocenters. The molecule has 1 aromatic rings. The summed E-state index contributed by atoms with van der Waals surface area (Å²) in [7, 11) is 1.86. The molecular weight excluding hydrogens is 156 g/mol. The summed E-state index contributed by atoms with van der Waals surface area (Å²) >= 11 is 0. The molecular formula is C8H12N2O2. The van der Waals surface area contributed by atoms with E-state index >= 15 is 0 Å². The first-order valence-corrected chi connectivity index (χ1v) is 3.85. The van der Waals surface area contributed by atoms with Gasteiger partial charge in [0.1, 0.15) is 0 Å². The first kappa shape index (κ1) is 8.77. The second kappa shape index (κ2) is 3.90. The molecule has 1 rings (SSSR count). The molecule has 0 amide bonds. The van der Waals surface area contributed by atoms with E-state index in [-0.39, 0.29) is 12.4 Å². The molecule has 12 heavy (non-hydrogen) atoms. The summed E-state index contributed by atoms with van der Waals surface area (Å²) in [5, 5.41) is 0. The molecule has 0 fully saturated rings. The van der Waals surface area contributed by atoms with Crippen molar-refractivity contribution in [3.8, 4) is 0 Å². The van der Waals surface area contributed by atoms with E-state index in [1.165, 1.54) is 0 Å². The van der Waals surface area contributed by atoms with Gasteiger partial charge in [-0.2, -0.15) is 0 Å². The Morgan fingerprint density at radius 1 is 1.75 bits per heavy atom. The largest absolute Gasteiger partial charge is 0.466 e. The lowest BCUT2D eigenvalue weighted by Gasteiger charge is -1.97. The summed E-state index contributed by atoms with van der Waals surface area (Å²) in [6.07, 6.45) is 3.72. The minimum Gasteiger partial charge on any atom is -0.466 e. The Bertz CT molecular complexity index is 268. The first-order chi connectivity index (χ1) is 5.72. The third-order valence-corrected chi connectivity index (χ3v) is 1.39. The monoisotopic (exact) mass is 168 g/mol. The molecule has 66 valence electrons. The smallest absolute Gasteiger partial charge is 0.311 e. The topological polar surface area (TPSA) is 44.1 Å². The van der Waals surface area contributed by atoms with Gasteiger partial charge >= 0.3 is 5.97 Å². The molecule has 0 spiro atoms. The summed E-state index contributed by atoms with van der Waals surface area (Å²) in [4.78, 5) is 15.0. The number of nitrogens with zero attached hydrogens (tertiary/aromatic N) is 2. The van der Waals surface area contributed by atoms with Gasteiger partial charge in [0.15, 0.2) is 0 Å². The van der Waals surface area contributed by atoms with Crippen LogP contribution in [-0.4, -0.2) is 22.1 Å². The van der Waals surface area contributed by atoms with Crippen LogP contribution in [0.5, 0.6) is 0 Å². The maximum absolute atomic E-state index is 11.0. The average molecular weight is 168 g/mol. The Morgan fingerprint density at radius 2 is 2.50 bits per heavy atom. The van der Waals surface area contributed by atoms with Gasteiger partial charge in [-0.05, 0) is 6.92 Å². The number of rotatable bonds is 3. The fourth-order valence-electron chi connectivity index (χ4n) is 0.918. The highest BCUT2D eigenvalue weighted by Gasteiger charge is 2.05. The van der Waals surface area contributed by atoms with Gasteiger partial charge in [-0.25, -0.2) is 4.98 Å². The average Bonchev–Trinajstić information content (AvgIpc) is 2.36. The van der Waals surface area contributed by atoms with Crippen LogP contribution in [0.4, 0.5) is 0 Å². The third kappa shape index (κ3) is 2.38. The number of ether oxygens (including phenoxy) is 1. The van der Waals surface area contributed by atoms with Crippen LogP contribution in [0.25, 0.3) is 0 Å². The zero-order chi connectivity index (χ0) is 8.97. The van der Waals surface area contributed by atoms with Crippen molar-refractivity contribution < 1.29 is 9.53 Å². The maximum Gasteiger partial charge on any atom is 0.311 e. The minimum absolute atomic E-state index is 0.226. The molecule has 4 nitrogen and oxygen atoms in total. The fraction of sp³-hybridized carbons (Fsp3) is 0.500. The SMILES string of the molecule is CCOC(=O)Cc1cn(C)cn1. The van der Waals surface area contributed by atoms with Crippen molar-refractivity contribution in [2.75, 3.05) is 6.61 Å². The molecule has 0 radical (unpaired) electrons. The van der Waals surface area contributed by atoms with Gasteiger partial charge in [0.25, 0.3) is 0 Å². The van der Waals surface area contributed by atoms with Crippen LogP contribution in [0.15, 0.2) is 12.5 Å². The lowest BCUT2D eigenvalue weighted by atomic mass is 10.3. The number of aromatic nitrogens is 2. The lowest BCUT2D eigenvalue weighted by molar-refractivity contribution is -0.142. The van der Waals surface area contributed by atoms with Gasteiger partial charge < -0.3 is 9.30 Å². The predicted octanol–water partition coefficient (Wildman–Crippen LogP) is 0.526. The van der Waals surface area contributed by atoms with Crippen molar-refractivity contribution in [3.63, 3.8) is 0 Å². The van der Waals surface area contributed by atoms with Crippen LogP contribution >= 0.6 is 0 Å². The summed E-state index contributed by atoms with van der Waals surface area (Å²) in [6, 6.07) is 0. The molecule has 0 aliphatic heterocycles. The van der Waals surface area contributed by atoms with Gasteiger partial charge in [-0.3, -0.25) is 4.79 Å². The number of esters is 1. The lowest BCUT2D eigenvalue weighted by Crippen LogP contribution is -2.07. The van der Waals surface area contributed by atoms with E-state index < -0.39 is 0 Å². The summed E-state index contributed by atoms with van der Waals surface area (Å²) in [5.74, 6) is -0.226. The number of aryl methyl sites for hydroxylation is 1. The highest BCUT2D eigenvalue weighted by Crippen LogP contribution is 1.96. The van der Waals surface area contributed by atoms with E-state index in [1.54, 1.807) is 24.0 Å². The van der Waals surface area contributed by atoms with Crippen LogP contribution in [0.3, 0.4) is 0 Å². The van der Waals surface area contributed by atoms with E-state index in [0.717, 1.165) is 5.69 Å². The molecule has 0 aromatic carbocycles. The molecule has 0 aliphatic rings. The minimum atomic E-state index is -0.226. The van der Waals surface area contributed by atoms with Gasteiger partial charge in [-0.15, -0.1) is 0 Å². The normalized spacial score (nSPS) is 9.83. The molecule has 0 saturated carbocycles. The Kier molecular flexibility index (Phi) is 2.85. The van der Waals surface area contributed by atoms with Gasteiger partial charge in [0, 0.05) is 13.2 Å². The quantitative estimate of drug-likeness (QED) is 0.618. The summed E-state index contributed by atoms with van der Waals surface area (Å²) in [5.41, 5.74) is 0.746. The standard InChI is InChI=1S/C8H12N2O2/c1-3-12-8(11)4-7-5-10(2)6-9-7/h5-6H,3-4H2,1-2H3. The van der Waals surface area contributed by atoms with Crippen LogP contribution in [0.1, 0.15) is 12.6 Å². The third-order valence-electron chi connectivity index (χ3n) is 1.39. The molecule has 1 aromatic heterocycles. The van der Waals surface area contributed by atoms with Gasteiger partial charge in [0.2, 0.25) is 0 Å². The Labute approximate surface area is 71.2 Å². The molecule has 4 heteroatoms. The summed E-state index contributed by atoms with van der Waals surface area (Å²) < 4.78 is 6.57. The molecule has 1 heterocycles. The number of imidazole rings is 1. The van der Waals surface area contributed by atoms with Crippen molar-refractivity contribution >= 4 is 5.97 Å². The van der Waals surface area contributed by atoms with E-state index in [1.807, 2.05) is 7.05 Å². The van der Waals surface area contributed by atoms with E-state index in [0.29, 0.717) is 6.61 Å². The number of hydrogen-bond donors (Lipinski definition) is 0. The number of carbonyl (C=O) groups is 1. The number of carbonyl (C=O) groups excluding carboxylic acids is 1. The molecule has 0 aliphatic carbocycles. The van der Waals surface area contributed by atoms with Gasteiger partial charge in [-0.1, -0.05) is 0 Å². The number of hydrogen-bond acceptors (Lipinski definition) is 3. The van der Waals surface area contributed by atoms with E-state index in [4.69, 9.17) is 4.74 Å². The first-order valence-electron chi connectivity index (χ1n) is 3.85. The zero-order valence-corrected chi connectivity index (χ0v) is 7.28.